The average Bonchev–Trinajstić information content (AvgIpc) is 3.04. The van der Waals surface area contributed by atoms with Crippen molar-refractivity contribution >= 4 is 0 Å². The number of rotatable bonds is 7. The highest BCUT2D eigenvalue weighted by molar-refractivity contribution is 5.56. The summed E-state index contributed by atoms with van der Waals surface area (Å²) in [5.41, 5.74) is 7.57. The molecule has 2 heteroatoms. The summed E-state index contributed by atoms with van der Waals surface area (Å²) in [6.07, 6.45) is 26.6. The van der Waals surface area contributed by atoms with Crippen molar-refractivity contribution in [1.82, 2.24) is 0 Å². The van der Waals surface area contributed by atoms with E-state index < -0.39 is 0 Å². The molecule has 0 aromatic heterocycles. The number of benzene rings is 2. The van der Waals surface area contributed by atoms with Crippen LogP contribution in [0, 0.1) is 0 Å². The Balaban J connectivity index is 1.47. The highest BCUT2D eigenvalue weighted by atomic mass is 16.3. The van der Waals surface area contributed by atoms with Gasteiger partial charge in [-0.2, -0.15) is 0 Å². The summed E-state index contributed by atoms with van der Waals surface area (Å²) < 4.78 is 0. The van der Waals surface area contributed by atoms with Gasteiger partial charge in [-0.1, -0.05) is 108 Å². The van der Waals surface area contributed by atoms with Crippen LogP contribution in [0.1, 0.15) is 205 Å². The van der Waals surface area contributed by atoms with Gasteiger partial charge in [0.2, 0.25) is 0 Å². The molecule has 0 saturated heterocycles. The molecule has 0 radical (unpaired) electrons. The van der Waals surface area contributed by atoms with Gasteiger partial charge in [0.05, 0.1) is 0 Å². The highest BCUT2D eigenvalue weighted by Crippen LogP contribution is 2.50. The maximum atomic E-state index is 12.1. The van der Waals surface area contributed by atoms with Crippen LogP contribution < -0.4 is 0 Å². The van der Waals surface area contributed by atoms with Gasteiger partial charge in [0.25, 0.3) is 0 Å². The summed E-state index contributed by atoms with van der Waals surface area (Å²) in [5, 5.41) is 24.1. The number of aromatic hydroxyl groups is 2. The Hall–Kier alpha value is -1.96. The summed E-state index contributed by atoms with van der Waals surface area (Å²) >= 11 is 0. The van der Waals surface area contributed by atoms with Gasteiger partial charge in [0.15, 0.2) is 0 Å². The number of hydrogen-bond donors (Lipinski definition) is 2. The first-order chi connectivity index (χ1) is 20.1. The van der Waals surface area contributed by atoms with Crippen LogP contribution in [0.5, 0.6) is 11.5 Å². The van der Waals surface area contributed by atoms with Gasteiger partial charge in [0.1, 0.15) is 11.5 Å². The highest BCUT2D eigenvalue weighted by Gasteiger charge is 2.31. The van der Waals surface area contributed by atoms with E-state index in [0.717, 1.165) is 17.5 Å². The standard InChI is InChI=1S/C39H56O2/c1-2-33(36-25-31(27-15-7-3-8-16-27)23-34(38(36)40)29-19-11-5-12-20-29)37-26-32(28-17-9-4-10-18-28)24-35(39(37)41)30-21-13-6-14-22-30/h23-30,33,40-41H,2-22H2,1H3. The van der Waals surface area contributed by atoms with E-state index in [1.165, 1.54) is 151 Å². The van der Waals surface area contributed by atoms with Gasteiger partial charge in [-0.05, 0) is 104 Å². The van der Waals surface area contributed by atoms with E-state index in [4.69, 9.17) is 0 Å². The van der Waals surface area contributed by atoms with Crippen LogP contribution in [0.25, 0.3) is 0 Å². The van der Waals surface area contributed by atoms with Crippen LogP contribution in [0.15, 0.2) is 24.3 Å². The van der Waals surface area contributed by atoms with E-state index >= 15 is 0 Å². The van der Waals surface area contributed by atoms with E-state index in [1.807, 2.05) is 0 Å². The van der Waals surface area contributed by atoms with Gasteiger partial charge in [-0.3, -0.25) is 0 Å². The van der Waals surface area contributed by atoms with Gasteiger partial charge in [-0.25, -0.2) is 0 Å². The van der Waals surface area contributed by atoms with Crippen molar-refractivity contribution in [1.29, 1.82) is 0 Å². The predicted octanol–water partition coefficient (Wildman–Crippen LogP) is 11.8. The molecule has 2 aromatic carbocycles. The lowest BCUT2D eigenvalue weighted by Gasteiger charge is -2.31. The van der Waals surface area contributed by atoms with Gasteiger partial charge >= 0.3 is 0 Å². The summed E-state index contributed by atoms with van der Waals surface area (Å²) in [4.78, 5) is 0. The average molecular weight is 557 g/mol. The van der Waals surface area contributed by atoms with Crippen molar-refractivity contribution in [2.24, 2.45) is 0 Å². The fourth-order valence-electron chi connectivity index (χ4n) is 9.34. The zero-order chi connectivity index (χ0) is 28.2. The number of phenols is 2. The van der Waals surface area contributed by atoms with E-state index in [0.29, 0.717) is 35.2 Å². The fourth-order valence-corrected chi connectivity index (χ4v) is 9.34. The van der Waals surface area contributed by atoms with E-state index in [-0.39, 0.29) is 5.92 Å². The lowest BCUT2D eigenvalue weighted by atomic mass is 9.74. The minimum absolute atomic E-state index is 0.0340. The molecule has 0 heterocycles. The third kappa shape index (κ3) is 6.37. The molecule has 2 nitrogen and oxygen atoms in total. The van der Waals surface area contributed by atoms with Crippen molar-refractivity contribution in [2.75, 3.05) is 0 Å². The van der Waals surface area contributed by atoms with Crippen LogP contribution in [0.3, 0.4) is 0 Å². The molecule has 4 fully saturated rings. The molecule has 41 heavy (non-hydrogen) atoms. The second kappa shape index (κ2) is 13.6. The van der Waals surface area contributed by atoms with Crippen molar-refractivity contribution in [3.05, 3.63) is 57.6 Å². The summed E-state index contributed by atoms with van der Waals surface area (Å²) in [6, 6.07) is 9.62. The number of phenolic OH excluding ortho intramolecular Hbond substituents is 2. The molecule has 0 atom stereocenters. The van der Waals surface area contributed by atoms with E-state index in [1.54, 1.807) is 0 Å². The molecule has 2 N–H and O–H groups in total. The molecule has 4 aliphatic carbocycles. The van der Waals surface area contributed by atoms with Crippen molar-refractivity contribution in [3.8, 4) is 11.5 Å². The van der Waals surface area contributed by atoms with E-state index in [9.17, 15) is 10.2 Å². The van der Waals surface area contributed by atoms with Crippen LogP contribution in [0.4, 0.5) is 0 Å². The molecular weight excluding hydrogens is 500 g/mol. The Kier molecular flexibility index (Phi) is 9.63. The minimum Gasteiger partial charge on any atom is -0.507 e. The zero-order valence-corrected chi connectivity index (χ0v) is 25.9. The topological polar surface area (TPSA) is 40.5 Å². The first-order valence-corrected chi connectivity index (χ1v) is 17.9. The maximum absolute atomic E-state index is 12.1. The Labute approximate surface area is 250 Å². The second-order valence-corrected chi connectivity index (χ2v) is 14.4. The van der Waals surface area contributed by atoms with Crippen LogP contribution in [0.2, 0.25) is 0 Å². The number of hydrogen-bond acceptors (Lipinski definition) is 2. The Morgan fingerprint density at radius 3 is 1.12 bits per heavy atom. The molecule has 0 amide bonds. The van der Waals surface area contributed by atoms with Crippen LogP contribution in [-0.2, 0) is 0 Å². The Morgan fingerprint density at radius 2 is 0.805 bits per heavy atom. The smallest absolute Gasteiger partial charge is 0.122 e. The van der Waals surface area contributed by atoms with Crippen molar-refractivity contribution < 1.29 is 10.2 Å². The van der Waals surface area contributed by atoms with Gasteiger partial charge in [0, 0.05) is 17.0 Å². The third-order valence-electron chi connectivity index (χ3n) is 11.8. The lowest BCUT2D eigenvalue weighted by Crippen LogP contribution is -2.13. The summed E-state index contributed by atoms with van der Waals surface area (Å²) in [5.74, 6) is 3.31. The summed E-state index contributed by atoms with van der Waals surface area (Å²) in [6.45, 7) is 2.27. The van der Waals surface area contributed by atoms with Gasteiger partial charge < -0.3 is 10.2 Å². The van der Waals surface area contributed by atoms with Crippen LogP contribution >= 0.6 is 0 Å². The van der Waals surface area contributed by atoms with E-state index in [2.05, 4.69) is 31.2 Å². The second-order valence-electron chi connectivity index (χ2n) is 14.4. The molecule has 0 unspecified atom stereocenters. The lowest BCUT2D eigenvalue weighted by molar-refractivity contribution is 0.400. The Morgan fingerprint density at radius 1 is 0.488 bits per heavy atom. The fraction of sp³-hybridized carbons (Fsp3) is 0.692. The third-order valence-corrected chi connectivity index (χ3v) is 11.8. The molecule has 2 aromatic rings. The first-order valence-electron chi connectivity index (χ1n) is 17.9. The Bertz CT molecular complexity index is 1050. The minimum atomic E-state index is 0.0340. The monoisotopic (exact) mass is 556 g/mol. The SMILES string of the molecule is CCC(c1cc(C2CCCCC2)cc(C2CCCCC2)c1O)c1cc(C2CCCCC2)cc(C2CCCCC2)c1O. The molecule has 0 spiro atoms. The zero-order valence-electron chi connectivity index (χ0n) is 25.9. The van der Waals surface area contributed by atoms with Crippen LogP contribution in [-0.4, -0.2) is 10.2 Å². The molecule has 0 aliphatic heterocycles. The molecule has 0 bridgehead atoms. The van der Waals surface area contributed by atoms with Gasteiger partial charge in [-0.15, -0.1) is 0 Å². The first kappa shape index (κ1) is 29.1. The van der Waals surface area contributed by atoms with Crippen molar-refractivity contribution in [2.45, 2.75) is 171 Å². The quantitative estimate of drug-likeness (QED) is 0.356. The maximum Gasteiger partial charge on any atom is 0.122 e. The molecule has 224 valence electrons. The van der Waals surface area contributed by atoms with Crippen molar-refractivity contribution in [3.63, 3.8) is 0 Å². The summed E-state index contributed by atoms with van der Waals surface area (Å²) in [7, 11) is 0. The largest absolute Gasteiger partial charge is 0.507 e. The molecule has 4 saturated carbocycles. The predicted molar refractivity (Wildman–Crippen MR) is 172 cm³/mol. The molecule has 4 aliphatic rings. The normalized spacial score (nSPS) is 22.4. The molecule has 6 rings (SSSR count). The molecular formula is C39H56O2.